The number of H-pyrrole nitrogens is 2. The van der Waals surface area contributed by atoms with Crippen LogP contribution in [0.1, 0.15) is 0 Å². The number of halogens is 16. The lowest BCUT2D eigenvalue weighted by atomic mass is 9.74. The van der Waals surface area contributed by atoms with Gasteiger partial charge in [0.2, 0.25) is 0 Å². The van der Waals surface area contributed by atoms with Crippen molar-refractivity contribution in [2.24, 2.45) is 43.6 Å². The molecule has 14 unspecified atom stereocenters. The number of rotatable bonds is 0. The average molecular weight is 819 g/mol. The van der Waals surface area contributed by atoms with Crippen LogP contribution in [0.3, 0.4) is 0 Å². The zero-order valence-electron chi connectivity index (χ0n) is 26.9. The van der Waals surface area contributed by atoms with Crippen LogP contribution in [0.5, 0.6) is 0 Å². The van der Waals surface area contributed by atoms with Gasteiger partial charge in [-0.05, 0) is 0 Å². The highest BCUT2D eigenvalue weighted by atomic mass is 19.2. The number of aromatic amines is 2. The second-order valence-electron chi connectivity index (χ2n) is 13.8. The first-order valence-electron chi connectivity index (χ1n) is 16.4. The van der Waals surface area contributed by atoms with Gasteiger partial charge in [0.25, 0.3) is 0 Å². The molecular formula is C32H18F16N8. The maximum absolute atomic E-state index is 15.7. The standard InChI is InChI=1S/C32H18F16N8/c33-9-1-2(10(34)18(42)17(9)41)26-49-25(1)53-27-3-4(12(36)20(44)19(43)11(3)35)29(50-27)55-31-7-8(16(40)24(48)23(47)15(7)39)32(52-31)56-30-6-5(28(51-30)54-26)13(37)21(45)22(46)14(6)38/h1-2,7-10,15-18,23-25,31,50,53,55H,(H,49,51,52,54,56). The molecule has 2 aromatic heterocycles. The molecular weight excluding hydrogens is 800 g/mol. The number of amidine groups is 2. The first kappa shape index (κ1) is 36.6. The Balaban J connectivity index is 1.39. The first-order valence-corrected chi connectivity index (χ1v) is 16.4. The summed E-state index contributed by atoms with van der Waals surface area (Å²) < 4.78 is 243. The number of aromatic nitrogens is 2. The van der Waals surface area contributed by atoms with Crippen LogP contribution < -0.4 is 21.6 Å². The highest BCUT2D eigenvalue weighted by molar-refractivity contribution is 6.03. The fourth-order valence-electron chi connectivity index (χ4n) is 8.38. The molecule has 5 heterocycles. The summed E-state index contributed by atoms with van der Waals surface area (Å²) in [6, 6.07) is 0. The van der Waals surface area contributed by atoms with Crippen LogP contribution in [0.15, 0.2) is 20.0 Å². The molecule has 5 aliphatic rings. The maximum atomic E-state index is 15.7. The molecule has 2 aliphatic carbocycles. The van der Waals surface area contributed by atoms with E-state index in [-0.39, 0.29) is 0 Å². The SMILES string of the molecule is Fc1c(F)c(F)c2c3[nH]c(c2c1F)NC1N=C(N=c2[nH]c(c4c(F)c(F)c(F)c(F)c24)=NC2=NC(N3)C3C(F)C(F)C(F)C(F)C23)C2C(F)C(F)C(F)C(F)C12. The Kier molecular flexibility index (Phi) is 7.98. The molecule has 0 saturated heterocycles. The van der Waals surface area contributed by atoms with E-state index < -0.39 is 188 Å². The summed E-state index contributed by atoms with van der Waals surface area (Å²) in [5, 5.41) is -0.700. The molecule has 0 radical (unpaired) electrons. The molecule has 14 atom stereocenters. The molecule has 3 aliphatic heterocycles. The molecule has 8 bridgehead atoms. The van der Waals surface area contributed by atoms with Gasteiger partial charge >= 0.3 is 0 Å². The highest BCUT2D eigenvalue weighted by Gasteiger charge is 2.61. The fraction of sp³-hybridized carbons (Fsp3) is 0.438. The molecule has 9 rings (SSSR count). The minimum Gasteiger partial charge on any atom is -0.349 e. The highest BCUT2D eigenvalue weighted by Crippen LogP contribution is 2.49. The number of anilines is 2. The third kappa shape index (κ3) is 4.69. The maximum Gasteiger partial charge on any atom is 0.198 e. The number of fused-ring (bicyclic) bond motifs is 18. The zero-order chi connectivity index (χ0) is 40.1. The van der Waals surface area contributed by atoms with Gasteiger partial charge in [-0.25, -0.2) is 90.2 Å². The van der Waals surface area contributed by atoms with Crippen molar-refractivity contribution in [3.05, 3.63) is 57.5 Å². The number of alkyl halides is 8. The molecule has 4 N–H and O–H groups in total. The Bertz CT molecular complexity index is 2390. The zero-order valence-corrected chi connectivity index (χ0v) is 26.9. The number of hydrogen-bond donors (Lipinski definition) is 4. The third-order valence-electron chi connectivity index (χ3n) is 11.0. The molecule has 0 amide bonds. The van der Waals surface area contributed by atoms with Gasteiger partial charge < -0.3 is 20.6 Å². The van der Waals surface area contributed by atoms with Crippen LogP contribution >= 0.6 is 0 Å². The number of nitrogens with zero attached hydrogens (tertiary/aromatic N) is 4. The summed E-state index contributed by atoms with van der Waals surface area (Å²) in [4.78, 5) is 19.7. The van der Waals surface area contributed by atoms with Gasteiger partial charge in [0.15, 0.2) is 71.2 Å². The normalized spacial score (nSPS) is 36.3. The van der Waals surface area contributed by atoms with Crippen molar-refractivity contribution < 1.29 is 70.2 Å². The van der Waals surface area contributed by atoms with Gasteiger partial charge in [0, 0.05) is 11.8 Å². The number of aliphatic imine (C=N–C) groups is 2. The van der Waals surface area contributed by atoms with Gasteiger partial charge in [0.1, 0.15) is 71.3 Å². The lowest BCUT2D eigenvalue weighted by molar-refractivity contribution is -0.0590. The van der Waals surface area contributed by atoms with E-state index in [1.54, 1.807) is 0 Å². The van der Waals surface area contributed by atoms with Gasteiger partial charge in [-0.15, -0.1) is 0 Å². The first-order chi connectivity index (χ1) is 26.4. The van der Waals surface area contributed by atoms with E-state index in [0.29, 0.717) is 0 Å². The van der Waals surface area contributed by atoms with Gasteiger partial charge in [0.05, 0.1) is 33.4 Å². The fourth-order valence-corrected chi connectivity index (χ4v) is 8.38. The molecule has 8 nitrogen and oxygen atoms in total. The predicted molar refractivity (Wildman–Crippen MR) is 161 cm³/mol. The smallest absolute Gasteiger partial charge is 0.198 e. The summed E-state index contributed by atoms with van der Waals surface area (Å²) in [5.74, 6) is -31.5. The van der Waals surface area contributed by atoms with E-state index in [4.69, 9.17) is 0 Å². The van der Waals surface area contributed by atoms with Crippen molar-refractivity contribution in [1.82, 2.24) is 9.97 Å². The predicted octanol–water partition coefficient (Wildman–Crippen LogP) is 6.21. The molecule has 56 heavy (non-hydrogen) atoms. The van der Waals surface area contributed by atoms with Crippen molar-refractivity contribution in [2.75, 3.05) is 10.6 Å². The van der Waals surface area contributed by atoms with Crippen molar-refractivity contribution in [3.8, 4) is 0 Å². The second kappa shape index (κ2) is 12.2. The number of benzene rings is 2. The summed E-state index contributed by atoms with van der Waals surface area (Å²) in [6.07, 6.45) is -29.2. The third-order valence-corrected chi connectivity index (χ3v) is 11.0. The molecule has 4 aromatic rings. The van der Waals surface area contributed by atoms with E-state index in [1.165, 1.54) is 0 Å². The van der Waals surface area contributed by atoms with E-state index in [0.717, 1.165) is 0 Å². The molecule has 298 valence electrons. The van der Waals surface area contributed by atoms with E-state index in [9.17, 15) is 35.1 Å². The number of nitrogens with one attached hydrogen (secondary N) is 4. The Morgan fingerprint density at radius 1 is 0.357 bits per heavy atom. The van der Waals surface area contributed by atoms with Crippen molar-refractivity contribution in [3.63, 3.8) is 0 Å². The van der Waals surface area contributed by atoms with E-state index in [1.807, 2.05) is 0 Å². The lowest BCUT2D eigenvalue weighted by Gasteiger charge is -2.38. The summed E-state index contributed by atoms with van der Waals surface area (Å²) in [6.45, 7) is 0. The molecule has 24 heteroatoms. The van der Waals surface area contributed by atoms with Crippen LogP contribution in [0.2, 0.25) is 0 Å². The Morgan fingerprint density at radius 3 is 1.04 bits per heavy atom. The summed E-state index contributed by atoms with van der Waals surface area (Å²) >= 11 is 0. The average Bonchev–Trinajstić information content (AvgIpc) is 3.92. The van der Waals surface area contributed by atoms with E-state index >= 15 is 35.1 Å². The van der Waals surface area contributed by atoms with E-state index in [2.05, 4.69) is 40.6 Å². The largest absolute Gasteiger partial charge is 0.349 e. The van der Waals surface area contributed by atoms with Crippen molar-refractivity contribution in [2.45, 2.75) is 61.7 Å². The van der Waals surface area contributed by atoms with Crippen LogP contribution in [0, 0.1) is 70.2 Å². The minimum atomic E-state index is -3.22. The molecule has 2 saturated carbocycles. The van der Waals surface area contributed by atoms with Crippen LogP contribution in [0.4, 0.5) is 81.9 Å². The monoisotopic (exact) mass is 818 g/mol. The lowest BCUT2D eigenvalue weighted by Crippen LogP contribution is -2.55. The number of hydrogen-bond acceptors (Lipinski definition) is 6. The quantitative estimate of drug-likeness (QED) is 0.0964. The Morgan fingerprint density at radius 2 is 0.679 bits per heavy atom. The van der Waals surface area contributed by atoms with Gasteiger partial charge in [-0.3, -0.25) is 0 Å². The summed E-state index contributed by atoms with van der Waals surface area (Å²) in [7, 11) is 0. The molecule has 2 aromatic carbocycles. The molecule has 2 fully saturated rings. The molecule has 0 spiro atoms. The van der Waals surface area contributed by atoms with Crippen LogP contribution in [0.25, 0.3) is 21.5 Å². The summed E-state index contributed by atoms with van der Waals surface area (Å²) in [5.41, 5.74) is -2.28. The minimum absolute atomic E-state index is 0.975. The van der Waals surface area contributed by atoms with Crippen LogP contribution in [-0.4, -0.2) is 83.3 Å². The van der Waals surface area contributed by atoms with Crippen LogP contribution in [-0.2, 0) is 0 Å². The van der Waals surface area contributed by atoms with Gasteiger partial charge in [-0.2, -0.15) is 0 Å². The second-order valence-corrected chi connectivity index (χ2v) is 13.8. The van der Waals surface area contributed by atoms with Gasteiger partial charge in [-0.1, -0.05) is 0 Å². The Hall–Kier alpha value is -5.06. The van der Waals surface area contributed by atoms with Crippen molar-refractivity contribution in [1.29, 1.82) is 0 Å². The van der Waals surface area contributed by atoms with Crippen molar-refractivity contribution >= 4 is 44.9 Å². The topological polar surface area (TPSA) is 105 Å². The Labute approximate surface area is 298 Å².